The molecule has 3 rings (SSSR count). The van der Waals surface area contributed by atoms with E-state index >= 15 is 0 Å². The first-order chi connectivity index (χ1) is 11.7. The molecule has 0 spiro atoms. The van der Waals surface area contributed by atoms with Gasteiger partial charge in [0.2, 0.25) is 0 Å². The third-order valence-electron chi connectivity index (χ3n) is 4.36. The van der Waals surface area contributed by atoms with Gasteiger partial charge >= 0.3 is 0 Å². The highest BCUT2D eigenvalue weighted by Gasteiger charge is 2.18. The van der Waals surface area contributed by atoms with Crippen LogP contribution in [0.3, 0.4) is 0 Å². The van der Waals surface area contributed by atoms with Crippen molar-refractivity contribution in [3.8, 4) is 0 Å². The predicted molar refractivity (Wildman–Crippen MR) is 93.7 cm³/mol. The molecule has 1 aliphatic rings. The van der Waals surface area contributed by atoms with Crippen molar-refractivity contribution in [2.45, 2.75) is 25.6 Å². The van der Waals surface area contributed by atoms with Crippen molar-refractivity contribution in [2.75, 3.05) is 40.3 Å². The SMILES string of the molecule is CN(CCc1cn(CC2CN(C)CCO2)nn1)Cc1ccccc1. The van der Waals surface area contributed by atoms with Crippen LogP contribution in [-0.2, 0) is 24.2 Å². The van der Waals surface area contributed by atoms with E-state index in [4.69, 9.17) is 4.74 Å². The standard InChI is InChI=1S/C18H27N5O/c1-21(12-16-6-4-3-5-7-16)9-8-17-13-23(20-19-17)15-18-14-22(2)10-11-24-18/h3-7,13,18H,8-12,14-15H2,1-2H3. The Bertz CT molecular complexity index is 615. The lowest BCUT2D eigenvalue weighted by Gasteiger charge is -2.29. The predicted octanol–water partition coefficient (Wildman–Crippen LogP) is 1.28. The van der Waals surface area contributed by atoms with Crippen LogP contribution in [-0.4, -0.2) is 71.2 Å². The van der Waals surface area contributed by atoms with Gasteiger partial charge in [-0.1, -0.05) is 35.5 Å². The van der Waals surface area contributed by atoms with E-state index in [0.717, 1.165) is 51.4 Å². The fraction of sp³-hybridized carbons (Fsp3) is 0.556. The first-order valence-electron chi connectivity index (χ1n) is 8.60. The summed E-state index contributed by atoms with van der Waals surface area (Å²) in [4.78, 5) is 4.61. The Labute approximate surface area is 144 Å². The normalized spacial score (nSPS) is 19.0. The van der Waals surface area contributed by atoms with Gasteiger partial charge in [0, 0.05) is 38.8 Å². The maximum absolute atomic E-state index is 5.79. The molecule has 0 radical (unpaired) electrons. The summed E-state index contributed by atoms with van der Waals surface area (Å²) in [6.45, 7) is 5.46. The number of nitrogens with zero attached hydrogens (tertiary/aromatic N) is 5. The summed E-state index contributed by atoms with van der Waals surface area (Å²) < 4.78 is 7.70. The summed E-state index contributed by atoms with van der Waals surface area (Å²) in [6, 6.07) is 10.5. The molecular formula is C18H27N5O. The molecule has 0 aliphatic carbocycles. The summed E-state index contributed by atoms with van der Waals surface area (Å²) >= 11 is 0. The van der Waals surface area contributed by atoms with E-state index in [1.54, 1.807) is 0 Å². The van der Waals surface area contributed by atoms with Gasteiger partial charge in [-0.25, -0.2) is 4.68 Å². The minimum Gasteiger partial charge on any atom is -0.374 e. The molecule has 1 atom stereocenters. The highest BCUT2D eigenvalue weighted by atomic mass is 16.5. The van der Waals surface area contributed by atoms with Crippen LogP contribution in [0.25, 0.3) is 0 Å². The fourth-order valence-corrected chi connectivity index (χ4v) is 3.01. The van der Waals surface area contributed by atoms with Crippen molar-refractivity contribution >= 4 is 0 Å². The summed E-state index contributed by atoms with van der Waals surface area (Å²) in [6.07, 6.45) is 3.17. The van der Waals surface area contributed by atoms with E-state index in [9.17, 15) is 0 Å². The second-order valence-corrected chi connectivity index (χ2v) is 6.66. The van der Waals surface area contributed by atoms with E-state index in [1.807, 2.05) is 10.9 Å². The Hall–Kier alpha value is -1.76. The van der Waals surface area contributed by atoms with E-state index in [0.29, 0.717) is 0 Å². The van der Waals surface area contributed by atoms with Crippen molar-refractivity contribution in [1.82, 2.24) is 24.8 Å². The minimum atomic E-state index is 0.207. The van der Waals surface area contributed by atoms with Crippen LogP contribution in [0, 0.1) is 0 Å². The molecule has 2 aromatic rings. The van der Waals surface area contributed by atoms with Crippen molar-refractivity contribution in [2.24, 2.45) is 0 Å². The molecule has 1 fully saturated rings. The number of likely N-dealkylation sites (N-methyl/N-ethyl adjacent to an activating group) is 2. The Morgan fingerprint density at radius 2 is 2.12 bits per heavy atom. The number of hydrogen-bond acceptors (Lipinski definition) is 5. The number of morpholine rings is 1. The number of hydrogen-bond donors (Lipinski definition) is 0. The van der Waals surface area contributed by atoms with Crippen LogP contribution in [0.2, 0.25) is 0 Å². The Balaban J connectivity index is 1.44. The zero-order valence-electron chi connectivity index (χ0n) is 14.6. The molecule has 0 bridgehead atoms. The molecule has 1 aromatic heterocycles. The van der Waals surface area contributed by atoms with Gasteiger partial charge in [-0.2, -0.15) is 0 Å². The Morgan fingerprint density at radius 1 is 1.29 bits per heavy atom. The lowest BCUT2D eigenvalue weighted by atomic mass is 10.2. The van der Waals surface area contributed by atoms with Gasteiger partial charge in [0.05, 0.1) is 24.9 Å². The maximum atomic E-state index is 5.79. The Morgan fingerprint density at radius 3 is 2.92 bits per heavy atom. The summed E-state index contributed by atoms with van der Waals surface area (Å²) in [5.41, 5.74) is 2.38. The highest BCUT2D eigenvalue weighted by Crippen LogP contribution is 2.07. The minimum absolute atomic E-state index is 0.207. The van der Waals surface area contributed by atoms with Gasteiger partial charge in [0.1, 0.15) is 0 Å². The number of ether oxygens (including phenoxy) is 1. The van der Waals surface area contributed by atoms with Crippen LogP contribution in [0.1, 0.15) is 11.3 Å². The maximum Gasteiger partial charge on any atom is 0.0898 e. The molecule has 6 nitrogen and oxygen atoms in total. The molecule has 1 aromatic carbocycles. The molecular weight excluding hydrogens is 302 g/mol. The van der Waals surface area contributed by atoms with E-state index in [2.05, 4.69) is 64.5 Å². The Kier molecular flexibility index (Phi) is 5.96. The van der Waals surface area contributed by atoms with E-state index in [-0.39, 0.29) is 6.10 Å². The van der Waals surface area contributed by atoms with Crippen LogP contribution in [0.4, 0.5) is 0 Å². The first kappa shape index (κ1) is 17.1. The number of aromatic nitrogens is 3. The quantitative estimate of drug-likeness (QED) is 0.766. The van der Waals surface area contributed by atoms with Crippen molar-refractivity contribution in [3.05, 3.63) is 47.8 Å². The van der Waals surface area contributed by atoms with Crippen LogP contribution in [0.5, 0.6) is 0 Å². The van der Waals surface area contributed by atoms with Gasteiger partial charge in [-0.3, -0.25) is 0 Å². The molecule has 0 amide bonds. The molecule has 130 valence electrons. The van der Waals surface area contributed by atoms with Crippen LogP contribution in [0.15, 0.2) is 36.5 Å². The van der Waals surface area contributed by atoms with Crippen LogP contribution >= 0.6 is 0 Å². The molecule has 2 heterocycles. The molecule has 0 N–H and O–H groups in total. The summed E-state index contributed by atoms with van der Waals surface area (Å²) in [5.74, 6) is 0. The second kappa shape index (κ2) is 8.37. The summed E-state index contributed by atoms with van der Waals surface area (Å²) in [7, 11) is 4.27. The molecule has 6 heteroatoms. The number of benzene rings is 1. The van der Waals surface area contributed by atoms with Crippen molar-refractivity contribution < 1.29 is 4.74 Å². The largest absolute Gasteiger partial charge is 0.374 e. The van der Waals surface area contributed by atoms with Gasteiger partial charge in [-0.15, -0.1) is 5.10 Å². The van der Waals surface area contributed by atoms with Crippen LogP contribution < -0.4 is 0 Å². The van der Waals surface area contributed by atoms with Gasteiger partial charge in [0.15, 0.2) is 0 Å². The molecule has 1 aliphatic heterocycles. The summed E-state index contributed by atoms with van der Waals surface area (Å²) in [5, 5.41) is 8.54. The topological polar surface area (TPSA) is 46.4 Å². The fourth-order valence-electron chi connectivity index (χ4n) is 3.01. The van der Waals surface area contributed by atoms with E-state index in [1.165, 1.54) is 5.56 Å². The third-order valence-corrected chi connectivity index (χ3v) is 4.36. The zero-order chi connectivity index (χ0) is 16.8. The van der Waals surface area contributed by atoms with E-state index < -0.39 is 0 Å². The first-order valence-corrected chi connectivity index (χ1v) is 8.60. The monoisotopic (exact) mass is 329 g/mol. The second-order valence-electron chi connectivity index (χ2n) is 6.66. The van der Waals surface area contributed by atoms with Crippen molar-refractivity contribution in [3.63, 3.8) is 0 Å². The third kappa shape index (κ3) is 5.12. The van der Waals surface area contributed by atoms with Crippen molar-refractivity contribution in [1.29, 1.82) is 0 Å². The molecule has 1 unspecified atom stereocenters. The molecule has 1 saturated heterocycles. The van der Waals surface area contributed by atoms with Gasteiger partial charge in [0.25, 0.3) is 0 Å². The van der Waals surface area contributed by atoms with Gasteiger partial charge < -0.3 is 14.5 Å². The smallest absolute Gasteiger partial charge is 0.0898 e. The molecule has 0 saturated carbocycles. The lowest BCUT2D eigenvalue weighted by molar-refractivity contribution is -0.0292. The molecule has 24 heavy (non-hydrogen) atoms. The number of rotatable bonds is 7. The highest BCUT2D eigenvalue weighted by molar-refractivity contribution is 5.14. The average Bonchev–Trinajstić information content (AvgIpc) is 3.01. The zero-order valence-corrected chi connectivity index (χ0v) is 14.6. The average molecular weight is 329 g/mol. The van der Waals surface area contributed by atoms with Gasteiger partial charge in [-0.05, 0) is 19.7 Å². The lowest BCUT2D eigenvalue weighted by Crippen LogP contribution is -2.42.